The Morgan fingerprint density at radius 1 is 1.37 bits per heavy atom. The average molecular weight is 371 g/mol. The first-order valence-electron chi connectivity index (χ1n) is 10.1. The van der Waals surface area contributed by atoms with Crippen LogP contribution in [0.1, 0.15) is 26.7 Å². The minimum Gasteiger partial charge on any atom is -0.500 e. The Hall–Kier alpha value is -1.78. The number of allylic oxidation sites excluding steroid dienone is 2. The molecule has 0 aromatic rings. The van der Waals surface area contributed by atoms with Crippen LogP contribution in [-0.2, 0) is 9.47 Å². The van der Waals surface area contributed by atoms with Crippen LogP contribution in [0.15, 0.2) is 59.1 Å². The van der Waals surface area contributed by atoms with Crippen molar-refractivity contribution in [3.63, 3.8) is 0 Å². The Kier molecular flexibility index (Phi) is 6.97. The molecule has 1 N–H and O–H groups in total. The maximum Gasteiger partial charge on any atom is 0.130 e. The van der Waals surface area contributed by atoms with Gasteiger partial charge in [-0.1, -0.05) is 31.6 Å². The van der Waals surface area contributed by atoms with Crippen LogP contribution >= 0.6 is 0 Å². The molecule has 27 heavy (non-hydrogen) atoms. The second-order valence-corrected chi connectivity index (χ2v) is 8.01. The average Bonchev–Trinajstić information content (AvgIpc) is 3.13. The van der Waals surface area contributed by atoms with E-state index in [4.69, 9.17) is 9.47 Å². The van der Waals surface area contributed by atoms with Crippen molar-refractivity contribution in [1.29, 1.82) is 0 Å². The van der Waals surface area contributed by atoms with Crippen LogP contribution in [0.3, 0.4) is 0 Å². The SMILES string of the molecule is COC1=CC(CN(C)CCNCC2=C(C(C)C)CCC=C2)=CC2OC=CC12. The summed E-state index contributed by atoms with van der Waals surface area (Å²) >= 11 is 0. The number of nitrogens with one attached hydrogen (secondary N) is 1. The summed E-state index contributed by atoms with van der Waals surface area (Å²) in [6.07, 6.45) is 15.4. The van der Waals surface area contributed by atoms with E-state index in [-0.39, 0.29) is 12.0 Å². The second-order valence-electron chi connectivity index (χ2n) is 8.01. The van der Waals surface area contributed by atoms with E-state index in [2.05, 4.69) is 61.5 Å². The van der Waals surface area contributed by atoms with Crippen LogP contribution in [-0.4, -0.2) is 51.3 Å². The molecule has 4 heteroatoms. The molecule has 2 atom stereocenters. The molecule has 0 bridgehead atoms. The standard InChI is InChI=1S/C23H34N2O2/c1-17(2)20-8-6-5-7-19(20)15-24-10-11-25(3)16-18-13-22(26-4)21-9-12-27-23(21)14-18/h5,7,9,12-14,17,21,23-24H,6,8,10-11,15-16H2,1-4H3. The summed E-state index contributed by atoms with van der Waals surface area (Å²) in [6.45, 7) is 8.47. The van der Waals surface area contributed by atoms with Gasteiger partial charge in [0.15, 0.2) is 0 Å². The Morgan fingerprint density at radius 3 is 3.00 bits per heavy atom. The van der Waals surface area contributed by atoms with E-state index in [1.165, 1.54) is 24.0 Å². The van der Waals surface area contributed by atoms with Gasteiger partial charge in [-0.25, -0.2) is 0 Å². The van der Waals surface area contributed by atoms with E-state index in [1.54, 1.807) is 18.9 Å². The normalized spacial score (nSPS) is 24.2. The smallest absolute Gasteiger partial charge is 0.130 e. The van der Waals surface area contributed by atoms with Crippen LogP contribution in [0.5, 0.6) is 0 Å². The molecule has 148 valence electrons. The van der Waals surface area contributed by atoms with Crippen molar-refractivity contribution in [2.45, 2.75) is 32.8 Å². The number of ether oxygens (including phenoxy) is 2. The first-order chi connectivity index (χ1) is 13.1. The molecule has 0 aromatic heterocycles. The molecule has 4 nitrogen and oxygen atoms in total. The lowest BCUT2D eigenvalue weighted by Crippen LogP contribution is -2.32. The lowest BCUT2D eigenvalue weighted by atomic mass is 9.89. The zero-order valence-electron chi connectivity index (χ0n) is 17.2. The molecule has 0 saturated heterocycles. The number of likely N-dealkylation sites (N-methyl/N-ethyl adjacent to an activating group) is 1. The van der Waals surface area contributed by atoms with E-state index in [0.29, 0.717) is 5.92 Å². The van der Waals surface area contributed by atoms with Gasteiger partial charge in [-0.15, -0.1) is 0 Å². The topological polar surface area (TPSA) is 33.7 Å². The van der Waals surface area contributed by atoms with Gasteiger partial charge in [0.2, 0.25) is 0 Å². The van der Waals surface area contributed by atoms with E-state index in [9.17, 15) is 0 Å². The monoisotopic (exact) mass is 370 g/mol. The van der Waals surface area contributed by atoms with Crippen LogP contribution in [0.25, 0.3) is 0 Å². The summed E-state index contributed by atoms with van der Waals surface area (Å²) < 4.78 is 11.2. The van der Waals surface area contributed by atoms with E-state index in [0.717, 1.165) is 31.9 Å². The van der Waals surface area contributed by atoms with Crippen LogP contribution < -0.4 is 5.32 Å². The zero-order chi connectivity index (χ0) is 19.2. The highest BCUT2D eigenvalue weighted by Crippen LogP contribution is 2.32. The summed E-state index contributed by atoms with van der Waals surface area (Å²) in [5, 5.41) is 3.62. The molecule has 0 saturated carbocycles. The third kappa shape index (κ3) is 5.14. The summed E-state index contributed by atoms with van der Waals surface area (Å²) in [6, 6.07) is 0. The van der Waals surface area contributed by atoms with Gasteiger partial charge in [0.25, 0.3) is 0 Å². The maximum atomic E-state index is 5.68. The van der Waals surface area contributed by atoms with Gasteiger partial charge in [0.05, 0.1) is 19.3 Å². The number of nitrogens with zero attached hydrogens (tertiary/aromatic N) is 1. The molecule has 2 aliphatic carbocycles. The molecular formula is C23H34N2O2. The summed E-state index contributed by atoms with van der Waals surface area (Å²) in [5.41, 5.74) is 4.36. The van der Waals surface area contributed by atoms with E-state index >= 15 is 0 Å². The second kappa shape index (κ2) is 9.43. The van der Waals surface area contributed by atoms with Gasteiger partial charge in [-0.05, 0) is 55.2 Å². The molecule has 3 aliphatic rings. The number of hydrogen-bond acceptors (Lipinski definition) is 4. The molecular weight excluding hydrogens is 336 g/mol. The fraction of sp³-hybridized carbons (Fsp3) is 0.565. The van der Waals surface area contributed by atoms with Gasteiger partial charge in [0.1, 0.15) is 11.9 Å². The number of fused-ring (bicyclic) bond motifs is 1. The van der Waals surface area contributed by atoms with Gasteiger partial charge in [0, 0.05) is 26.2 Å². The van der Waals surface area contributed by atoms with Crippen molar-refractivity contribution in [3.05, 3.63) is 59.1 Å². The highest BCUT2D eigenvalue weighted by atomic mass is 16.5. The Bertz CT molecular complexity index is 670. The van der Waals surface area contributed by atoms with E-state index in [1.807, 2.05) is 0 Å². The Balaban J connectivity index is 1.44. The molecule has 0 amide bonds. The summed E-state index contributed by atoms with van der Waals surface area (Å²) in [7, 11) is 3.91. The van der Waals surface area contributed by atoms with Crippen LogP contribution in [0.2, 0.25) is 0 Å². The van der Waals surface area contributed by atoms with Gasteiger partial charge >= 0.3 is 0 Å². The predicted molar refractivity (Wildman–Crippen MR) is 111 cm³/mol. The summed E-state index contributed by atoms with van der Waals surface area (Å²) in [5.74, 6) is 1.87. The molecule has 0 spiro atoms. The third-order valence-electron chi connectivity index (χ3n) is 5.59. The fourth-order valence-electron chi connectivity index (χ4n) is 4.09. The molecule has 0 fully saturated rings. The van der Waals surface area contributed by atoms with Gasteiger partial charge in [-0.2, -0.15) is 0 Å². The van der Waals surface area contributed by atoms with E-state index < -0.39 is 0 Å². The molecule has 2 unspecified atom stereocenters. The highest BCUT2D eigenvalue weighted by molar-refractivity contribution is 5.35. The van der Waals surface area contributed by atoms with Crippen molar-refractivity contribution in [2.75, 3.05) is 40.3 Å². The van der Waals surface area contributed by atoms with Crippen LogP contribution in [0, 0.1) is 11.8 Å². The lowest BCUT2D eigenvalue weighted by molar-refractivity contribution is 0.150. The minimum atomic E-state index is 0.0888. The predicted octanol–water partition coefficient (Wildman–Crippen LogP) is 3.81. The molecule has 1 heterocycles. The summed E-state index contributed by atoms with van der Waals surface area (Å²) in [4.78, 5) is 2.35. The third-order valence-corrected chi connectivity index (χ3v) is 5.59. The maximum absolute atomic E-state index is 5.68. The minimum absolute atomic E-state index is 0.0888. The Labute approximate surface area is 164 Å². The number of hydrogen-bond donors (Lipinski definition) is 1. The molecule has 0 radical (unpaired) electrons. The van der Waals surface area contributed by atoms with Crippen molar-refractivity contribution in [1.82, 2.24) is 10.2 Å². The van der Waals surface area contributed by atoms with Crippen molar-refractivity contribution in [3.8, 4) is 0 Å². The molecule has 0 aromatic carbocycles. The van der Waals surface area contributed by atoms with Crippen molar-refractivity contribution < 1.29 is 9.47 Å². The first-order valence-corrected chi connectivity index (χ1v) is 10.1. The number of rotatable bonds is 9. The van der Waals surface area contributed by atoms with Crippen molar-refractivity contribution >= 4 is 0 Å². The van der Waals surface area contributed by atoms with Crippen molar-refractivity contribution in [2.24, 2.45) is 11.8 Å². The quantitative estimate of drug-likeness (QED) is 0.626. The first kappa shape index (κ1) is 20.0. The fourth-order valence-corrected chi connectivity index (χ4v) is 4.09. The molecule has 3 rings (SSSR count). The van der Waals surface area contributed by atoms with Gasteiger partial charge in [-0.3, -0.25) is 0 Å². The largest absolute Gasteiger partial charge is 0.500 e. The van der Waals surface area contributed by atoms with Gasteiger partial charge < -0.3 is 19.7 Å². The Morgan fingerprint density at radius 2 is 2.22 bits per heavy atom. The number of methoxy groups -OCH3 is 1. The zero-order valence-corrected chi connectivity index (χ0v) is 17.2. The molecule has 1 aliphatic heterocycles. The highest BCUT2D eigenvalue weighted by Gasteiger charge is 2.30. The van der Waals surface area contributed by atoms with Crippen LogP contribution in [0.4, 0.5) is 0 Å². The lowest BCUT2D eigenvalue weighted by Gasteiger charge is -2.26.